The van der Waals surface area contributed by atoms with Crippen LogP contribution in [0.15, 0.2) is 53.7 Å². The zero-order valence-electron chi connectivity index (χ0n) is 16.3. The van der Waals surface area contributed by atoms with Crippen molar-refractivity contribution in [3.63, 3.8) is 0 Å². The number of nitrogens with one attached hydrogen (secondary N) is 1. The average Bonchev–Trinajstić information content (AvgIpc) is 3.12. The molecule has 1 atom stereocenters. The summed E-state index contributed by atoms with van der Waals surface area (Å²) in [5, 5.41) is 13.5. The summed E-state index contributed by atoms with van der Waals surface area (Å²) < 4.78 is 1.96. The molecule has 0 bridgehead atoms. The molecule has 152 valence electrons. The highest BCUT2D eigenvalue weighted by Gasteiger charge is 2.21. The Morgan fingerprint density at radius 1 is 1.07 bits per heavy atom. The highest BCUT2D eigenvalue weighted by atomic mass is 35.5. The third kappa shape index (κ3) is 5.51. The average molecular weight is 450 g/mol. The van der Waals surface area contributed by atoms with E-state index in [4.69, 9.17) is 23.2 Å². The van der Waals surface area contributed by atoms with Crippen LogP contribution in [0, 0.1) is 0 Å². The lowest BCUT2D eigenvalue weighted by atomic mass is 10.2. The van der Waals surface area contributed by atoms with Crippen LogP contribution in [-0.4, -0.2) is 45.4 Å². The van der Waals surface area contributed by atoms with E-state index < -0.39 is 0 Å². The molecule has 0 spiro atoms. The number of carbonyl (C=O) groups excluding carboxylic acids is 1. The standard InChI is InChI=1S/C20H21Cl2N5OS/c1-13(26(2)3)19-24-25-20(27(19)17-10-6-15(22)7-11-17)29-12-18(28)23-16-8-4-14(21)5-9-16/h4-11,13H,12H2,1-3H3,(H,23,28). The monoisotopic (exact) mass is 449 g/mol. The molecule has 0 aliphatic rings. The maximum Gasteiger partial charge on any atom is 0.234 e. The summed E-state index contributed by atoms with van der Waals surface area (Å²) in [5.74, 6) is 0.855. The van der Waals surface area contributed by atoms with Crippen LogP contribution in [0.4, 0.5) is 5.69 Å². The molecule has 9 heteroatoms. The van der Waals surface area contributed by atoms with Crippen molar-refractivity contribution in [1.82, 2.24) is 19.7 Å². The van der Waals surface area contributed by atoms with Crippen molar-refractivity contribution in [3.05, 3.63) is 64.4 Å². The van der Waals surface area contributed by atoms with E-state index in [1.54, 1.807) is 24.3 Å². The molecule has 0 aliphatic carbocycles. The summed E-state index contributed by atoms with van der Waals surface area (Å²) in [7, 11) is 3.97. The van der Waals surface area contributed by atoms with Crippen molar-refractivity contribution in [2.45, 2.75) is 18.1 Å². The highest BCUT2D eigenvalue weighted by Crippen LogP contribution is 2.27. The number of carbonyl (C=O) groups is 1. The Hall–Kier alpha value is -2.06. The summed E-state index contributed by atoms with van der Waals surface area (Å²) in [6.07, 6.45) is 0. The largest absolute Gasteiger partial charge is 0.325 e. The van der Waals surface area contributed by atoms with Crippen molar-refractivity contribution in [2.24, 2.45) is 0 Å². The molecule has 1 N–H and O–H groups in total. The van der Waals surface area contributed by atoms with Crippen LogP contribution in [0.25, 0.3) is 5.69 Å². The van der Waals surface area contributed by atoms with E-state index >= 15 is 0 Å². The predicted octanol–water partition coefficient (Wildman–Crippen LogP) is 4.93. The number of benzene rings is 2. The number of halogens is 2. The SMILES string of the molecule is CC(c1nnc(SCC(=O)Nc2ccc(Cl)cc2)n1-c1ccc(Cl)cc1)N(C)C. The molecule has 1 heterocycles. The highest BCUT2D eigenvalue weighted by molar-refractivity contribution is 7.99. The van der Waals surface area contributed by atoms with Crippen molar-refractivity contribution in [2.75, 3.05) is 25.2 Å². The molecule has 2 aromatic carbocycles. The van der Waals surface area contributed by atoms with Gasteiger partial charge in [0.15, 0.2) is 11.0 Å². The van der Waals surface area contributed by atoms with Gasteiger partial charge >= 0.3 is 0 Å². The van der Waals surface area contributed by atoms with Crippen molar-refractivity contribution in [3.8, 4) is 5.69 Å². The number of rotatable bonds is 7. The maximum atomic E-state index is 12.4. The maximum absolute atomic E-state index is 12.4. The molecule has 1 aromatic heterocycles. The molecule has 0 radical (unpaired) electrons. The number of amides is 1. The van der Waals surface area contributed by atoms with Crippen LogP contribution < -0.4 is 5.32 Å². The fourth-order valence-corrected chi connectivity index (χ4v) is 3.58. The first-order chi connectivity index (χ1) is 13.8. The Balaban J connectivity index is 1.80. The van der Waals surface area contributed by atoms with Gasteiger partial charge in [-0.25, -0.2) is 0 Å². The molecular formula is C20H21Cl2N5OS. The quantitative estimate of drug-likeness (QED) is 0.518. The summed E-state index contributed by atoms with van der Waals surface area (Å²) in [4.78, 5) is 14.4. The number of aromatic nitrogens is 3. The van der Waals surface area contributed by atoms with E-state index in [0.29, 0.717) is 20.9 Å². The lowest BCUT2D eigenvalue weighted by Crippen LogP contribution is -2.21. The number of thioether (sulfide) groups is 1. The minimum absolute atomic E-state index is 0.0374. The Bertz CT molecular complexity index is 974. The number of anilines is 1. The fraction of sp³-hybridized carbons (Fsp3) is 0.250. The van der Waals surface area contributed by atoms with Crippen molar-refractivity contribution in [1.29, 1.82) is 0 Å². The zero-order chi connectivity index (χ0) is 21.0. The van der Waals surface area contributed by atoms with Gasteiger partial charge in [0.05, 0.1) is 11.8 Å². The van der Waals surface area contributed by atoms with E-state index in [1.165, 1.54) is 11.8 Å². The third-order valence-electron chi connectivity index (χ3n) is 4.35. The number of nitrogens with zero attached hydrogens (tertiary/aromatic N) is 4. The van der Waals surface area contributed by atoms with E-state index in [-0.39, 0.29) is 17.7 Å². The van der Waals surface area contributed by atoms with Gasteiger partial charge in [-0.15, -0.1) is 10.2 Å². The second-order valence-corrected chi connectivity index (χ2v) is 8.45. The minimum atomic E-state index is -0.134. The second-order valence-electron chi connectivity index (χ2n) is 6.64. The number of hydrogen-bond acceptors (Lipinski definition) is 5. The molecule has 0 fully saturated rings. The smallest absolute Gasteiger partial charge is 0.234 e. The normalized spacial score (nSPS) is 12.2. The van der Waals surface area contributed by atoms with E-state index in [9.17, 15) is 4.79 Å². The van der Waals surface area contributed by atoms with Gasteiger partial charge in [-0.2, -0.15) is 0 Å². The molecule has 1 amide bonds. The van der Waals surface area contributed by atoms with Gasteiger partial charge in [-0.05, 0) is 69.6 Å². The molecule has 3 rings (SSSR count). The summed E-state index contributed by atoms with van der Waals surface area (Å²) >= 11 is 13.2. The van der Waals surface area contributed by atoms with Crippen LogP contribution in [0.5, 0.6) is 0 Å². The molecule has 29 heavy (non-hydrogen) atoms. The molecule has 3 aromatic rings. The topological polar surface area (TPSA) is 63.1 Å². The molecule has 0 saturated heterocycles. The Morgan fingerprint density at radius 3 is 2.24 bits per heavy atom. The lowest BCUT2D eigenvalue weighted by molar-refractivity contribution is -0.113. The van der Waals surface area contributed by atoms with Crippen LogP contribution in [-0.2, 0) is 4.79 Å². The van der Waals surface area contributed by atoms with Crippen LogP contribution in [0.2, 0.25) is 10.0 Å². The predicted molar refractivity (Wildman–Crippen MR) is 119 cm³/mol. The molecule has 1 unspecified atom stereocenters. The number of hydrogen-bond donors (Lipinski definition) is 1. The van der Waals surface area contributed by atoms with Crippen molar-refractivity contribution < 1.29 is 4.79 Å². The van der Waals surface area contributed by atoms with Crippen molar-refractivity contribution >= 4 is 46.6 Å². The van der Waals surface area contributed by atoms with Crippen LogP contribution in [0.1, 0.15) is 18.8 Å². The Kier molecular flexibility index (Phi) is 7.18. The summed E-state index contributed by atoms with van der Waals surface area (Å²) in [6, 6.07) is 14.5. The fourth-order valence-electron chi connectivity index (χ4n) is 2.57. The first-order valence-electron chi connectivity index (χ1n) is 8.91. The van der Waals surface area contributed by atoms with E-state index in [1.807, 2.05) is 42.9 Å². The third-order valence-corrected chi connectivity index (χ3v) is 5.78. The second kappa shape index (κ2) is 9.63. The molecule has 0 saturated carbocycles. The molecular weight excluding hydrogens is 429 g/mol. The Labute approximate surface area is 184 Å². The zero-order valence-corrected chi connectivity index (χ0v) is 18.6. The van der Waals surface area contributed by atoms with Gasteiger partial charge in [-0.1, -0.05) is 35.0 Å². The van der Waals surface area contributed by atoms with Gasteiger partial charge in [0, 0.05) is 21.4 Å². The molecule has 0 aliphatic heterocycles. The summed E-state index contributed by atoms with van der Waals surface area (Å²) in [5.41, 5.74) is 1.59. The minimum Gasteiger partial charge on any atom is -0.325 e. The van der Waals surface area contributed by atoms with Gasteiger partial charge in [0.25, 0.3) is 0 Å². The van der Waals surface area contributed by atoms with E-state index in [2.05, 4.69) is 27.3 Å². The van der Waals surface area contributed by atoms with E-state index in [0.717, 1.165) is 11.5 Å². The van der Waals surface area contributed by atoms with Crippen LogP contribution >= 0.6 is 35.0 Å². The van der Waals surface area contributed by atoms with Gasteiger partial charge < -0.3 is 5.32 Å². The lowest BCUT2D eigenvalue weighted by Gasteiger charge is -2.20. The first kappa shape index (κ1) is 21.6. The summed E-state index contributed by atoms with van der Waals surface area (Å²) in [6.45, 7) is 2.05. The molecule has 6 nitrogen and oxygen atoms in total. The van der Waals surface area contributed by atoms with Gasteiger partial charge in [0.2, 0.25) is 5.91 Å². The van der Waals surface area contributed by atoms with Crippen LogP contribution in [0.3, 0.4) is 0 Å². The Morgan fingerprint density at radius 2 is 1.66 bits per heavy atom. The van der Waals surface area contributed by atoms with Gasteiger partial charge in [-0.3, -0.25) is 14.3 Å². The van der Waals surface area contributed by atoms with Gasteiger partial charge in [0.1, 0.15) is 0 Å². The first-order valence-corrected chi connectivity index (χ1v) is 10.6.